The van der Waals surface area contributed by atoms with Crippen molar-refractivity contribution in [1.29, 1.82) is 0 Å². The highest BCUT2D eigenvalue weighted by molar-refractivity contribution is 7.81. The molecular formula is C12H24S. The van der Waals surface area contributed by atoms with Crippen molar-refractivity contribution in [2.24, 2.45) is 23.7 Å². The number of hydrogen-bond acceptors (Lipinski definition) is 1. The SMILES string of the molecule is CC(C)CCC1CC(S)C(C)C1C. The Morgan fingerprint density at radius 3 is 2.23 bits per heavy atom. The lowest BCUT2D eigenvalue weighted by atomic mass is 9.87. The highest BCUT2D eigenvalue weighted by atomic mass is 32.1. The monoisotopic (exact) mass is 200 g/mol. The van der Waals surface area contributed by atoms with Crippen molar-refractivity contribution in [2.45, 2.75) is 52.2 Å². The van der Waals surface area contributed by atoms with Crippen molar-refractivity contribution in [2.75, 3.05) is 0 Å². The molecule has 1 aliphatic carbocycles. The Morgan fingerprint density at radius 2 is 1.85 bits per heavy atom. The van der Waals surface area contributed by atoms with Crippen LogP contribution in [-0.4, -0.2) is 5.25 Å². The average Bonchev–Trinajstić information content (AvgIpc) is 2.29. The van der Waals surface area contributed by atoms with Gasteiger partial charge >= 0.3 is 0 Å². The summed E-state index contributed by atoms with van der Waals surface area (Å²) in [6.45, 7) is 9.41. The summed E-state index contributed by atoms with van der Waals surface area (Å²) < 4.78 is 0. The van der Waals surface area contributed by atoms with Crippen LogP contribution in [0.25, 0.3) is 0 Å². The Morgan fingerprint density at radius 1 is 1.23 bits per heavy atom. The van der Waals surface area contributed by atoms with Crippen molar-refractivity contribution in [1.82, 2.24) is 0 Å². The number of rotatable bonds is 3. The van der Waals surface area contributed by atoms with E-state index in [2.05, 4.69) is 40.3 Å². The Kier molecular flexibility index (Phi) is 4.15. The molecule has 1 aliphatic rings. The van der Waals surface area contributed by atoms with Crippen LogP contribution in [0.4, 0.5) is 0 Å². The maximum Gasteiger partial charge on any atom is 0.00478 e. The predicted molar refractivity (Wildman–Crippen MR) is 63.3 cm³/mol. The molecular weight excluding hydrogens is 176 g/mol. The second-order valence-electron chi connectivity index (χ2n) is 5.25. The van der Waals surface area contributed by atoms with Gasteiger partial charge in [-0.15, -0.1) is 0 Å². The second-order valence-corrected chi connectivity index (χ2v) is 5.92. The van der Waals surface area contributed by atoms with Gasteiger partial charge in [0, 0.05) is 5.25 Å². The van der Waals surface area contributed by atoms with E-state index in [1.54, 1.807) is 0 Å². The first-order chi connectivity index (χ1) is 6.02. The molecule has 0 N–H and O–H groups in total. The first-order valence-electron chi connectivity index (χ1n) is 5.70. The minimum absolute atomic E-state index is 0.659. The van der Waals surface area contributed by atoms with Gasteiger partial charge in [0.2, 0.25) is 0 Å². The first-order valence-corrected chi connectivity index (χ1v) is 6.22. The number of hydrogen-bond donors (Lipinski definition) is 1. The second kappa shape index (κ2) is 4.72. The summed E-state index contributed by atoms with van der Waals surface area (Å²) in [6, 6.07) is 0. The fourth-order valence-electron chi connectivity index (χ4n) is 2.45. The fourth-order valence-corrected chi connectivity index (χ4v) is 2.99. The molecule has 13 heavy (non-hydrogen) atoms. The summed E-state index contributed by atoms with van der Waals surface area (Å²) in [5.41, 5.74) is 0. The minimum atomic E-state index is 0.659. The molecule has 0 bridgehead atoms. The van der Waals surface area contributed by atoms with Gasteiger partial charge in [0.05, 0.1) is 0 Å². The summed E-state index contributed by atoms with van der Waals surface area (Å²) in [7, 11) is 0. The number of thiol groups is 1. The van der Waals surface area contributed by atoms with Crippen LogP contribution in [0.15, 0.2) is 0 Å². The van der Waals surface area contributed by atoms with Crippen molar-refractivity contribution in [3.63, 3.8) is 0 Å². The maximum atomic E-state index is 4.65. The van der Waals surface area contributed by atoms with E-state index in [9.17, 15) is 0 Å². The summed E-state index contributed by atoms with van der Waals surface area (Å²) in [5, 5.41) is 0.659. The molecule has 0 spiro atoms. The van der Waals surface area contributed by atoms with Crippen LogP contribution in [0.2, 0.25) is 0 Å². The van der Waals surface area contributed by atoms with Gasteiger partial charge in [-0.05, 0) is 36.5 Å². The lowest BCUT2D eigenvalue weighted by Crippen LogP contribution is -2.11. The zero-order valence-electron chi connectivity index (χ0n) is 9.46. The summed E-state index contributed by atoms with van der Waals surface area (Å²) in [4.78, 5) is 0. The largest absolute Gasteiger partial charge is 0.176 e. The van der Waals surface area contributed by atoms with E-state index in [0.717, 1.165) is 23.7 Å². The highest BCUT2D eigenvalue weighted by Crippen LogP contribution is 2.42. The predicted octanol–water partition coefficient (Wildman–Crippen LogP) is 4.01. The highest BCUT2D eigenvalue weighted by Gasteiger charge is 2.35. The van der Waals surface area contributed by atoms with Crippen LogP contribution in [0.1, 0.15) is 47.0 Å². The molecule has 1 rings (SSSR count). The topological polar surface area (TPSA) is 0 Å². The van der Waals surface area contributed by atoms with Gasteiger partial charge in [-0.25, -0.2) is 0 Å². The molecule has 0 aromatic carbocycles. The third-order valence-electron chi connectivity index (χ3n) is 3.84. The third-order valence-corrected chi connectivity index (χ3v) is 4.52. The van der Waals surface area contributed by atoms with E-state index in [0.29, 0.717) is 5.25 Å². The van der Waals surface area contributed by atoms with Gasteiger partial charge in [0.25, 0.3) is 0 Å². The molecule has 0 aromatic heterocycles. The molecule has 4 unspecified atom stereocenters. The van der Waals surface area contributed by atoms with E-state index in [4.69, 9.17) is 0 Å². The van der Waals surface area contributed by atoms with Crippen molar-refractivity contribution < 1.29 is 0 Å². The maximum absolute atomic E-state index is 4.65. The summed E-state index contributed by atoms with van der Waals surface area (Å²) >= 11 is 4.65. The van der Waals surface area contributed by atoms with Gasteiger partial charge in [-0.2, -0.15) is 12.6 Å². The van der Waals surface area contributed by atoms with E-state index < -0.39 is 0 Å². The Hall–Kier alpha value is 0.350. The van der Waals surface area contributed by atoms with E-state index >= 15 is 0 Å². The van der Waals surface area contributed by atoms with Crippen LogP contribution < -0.4 is 0 Å². The molecule has 0 radical (unpaired) electrons. The van der Waals surface area contributed by atoms with Crippen LogP contribution >= 0.6 is 12.6 Å². The molecule has 1 saturated carbocycles. The van der Waals surface area contributed by atoms with Gasteiger partial charge in [0.1, 0.15) is 0 Å². The zero-order valence-corrected chi connectivity index (χ0v) is 10.3. The molecule has 0 heterocycles. The lowest BCUT2D eigenvalue weighted by molar-refractivity contribution is 0.319. The minimum Gasteiger partial charge on any atom is -0.176 e. The zero-order chi connectivity index (χ0) is 10.0. The Balaban J connectivity index is 2.35. The Labute approximate surface area is 88.9 Å². The molecule has 1 heteroatoms. The molecule has 1 fully saturated rings. The van der Waals surface area contributed by atoms with E-state index in [-0.39, 0.29) is 0 Å². The summed E-state index contributed by atoms with van der Waals surface area (Å²) in [5.74, 6) is 3.52. The van der Waals surface area contributed by atoms with Gasteiger partial charge in [0.15, 0.2) is 0 Å². The summed E-state index contributed by atoms with van der Waals surface area (Å²) in [6.07, 6.45) is 4.15. The molecule has 4 atom stereocenters. The van der Waals surface area contributed by atoms with Gasteiger partial charge < -0.3 is 0 Å². The molecule has 0 amide bonds. The van der Waals surface area contributed by atoms with Gasteiger partial charge in [-0.3, -0.25) is 0 Å². The lowest BCUT2D eigenvalue weighted by Gasteiger charge is -2.18. The Bertz CT molecular complexity index is 153. The van der Waals surface area contributed by atoms with Crippen molar-refractivity contribution >= 4 is 12.6 Å². The van der Waals surface area contributed by atoms with E-state index in [1.807, 2.05) is 0 Å². The molecule has 0 nitrogen and oxygen atoms in total. The van der Waals surface area contributed by atoms with E-state index in [1.165, 1.54) is 19.3 Å². The smallest absolute Gasteiger partial charge is 0.00478 e. The van der Waals surface area contributed by atoms with Crippen LogP contribution in [0.3, 0.4) is 0 Å². The van der Waals surface area contributed by atoms with Crippen molar-refractivity contribution in [3.05, 3.63) is 0 Å². The quantitative estimate of drug-likeness (QED) is 0.654. The third kappa shape index (κ3) is 2.90. The molecule has 78 valence electrons. The molecule has 0 saturated heterocycles. The average molecular weight is 200 g/mol. The standard InChI is InChI=1S/C12H24S/c1-8(2)5-6-11-7-12(13)10(4)9(11)3/h8-13H,5-7H2,1-4H3. The van der Waals surface area contributed by atoms with Crippen LogP contribution in [0, 0.1) is 23.7 Å². The van der Waals surface area contributed by atoms with Crippen molar-refractivity contribution in [3.8, 4) is 0 Å². The fraction of sp³-hybridized carbons (Fsp3) is 1.00. The van der Waals surface area contributed by atoms with Crippen LogP contribution in [0.5, 0.6) is 0 Å². The molecule has 0 aromatic rings. The first kappa shape index (κ1) is 11.4. The van der Waals surface area contributed by atoms with Gasteiger partial charge in [-0.1, -0.05) is 34.1 Å². The van der Waals surface area contributed by atoms with Crippen LogP contribution in [-0.2, 0) is 0 Å². The normalized spacial score (nSPS) is 40.2. The molecule has 0 aliphatic heterocycles.